The highest BCUT2D eigenvalue weighted by molar-refractivity contribution is 4.64. The summed E-state index contributed by atoms with van der Waals surface area (Å²) in [6.07, 6.45) is 5.08. The number of rotatable bonds is 0. The highest BCUT2D eigenvalue weighted by Gasteiger charge is 2.01. The number of likely N-dealkylation sites (N-methyl/N-ethyl adjacent to an activating group) is 1. The topological polar surface area (TPSA) is 44.0 Å². The van der Waals surface area contributed by atoms with Gasteiger partial charge in [0, 0.05) is 38.6 Å². The molecule has 2 N–H and O–H groups in total. The zero-order valence-electron chi connectivity index (χ0n) is 7.45. The van der Waals surface area contributed by atoms with E-state index in [0.717, 1.165) is 13.1 Å². The fraction of sp³-hybridized carbons (Fsp3) is 0.625. The Kier molecular flexibility index (Phi) is 4.41. The van der Waals surface area contributed by atoms with Crippen LogP contribution in [0, 0.1) is 0 Å². The fourth-order valence-electron chi connectivity index (χ4n) is 0.992. The number of H-pyrrole nitrogens is 1. The van der Waals surface area contributed by atoms with Crippen LogP contribution in [-0.2, 0) is 0 Å². The SMILES string of the molecule is CN1CCNCC1.c1c[nH]cn1. The molecule has 0 aliphatic carbocycles. The van der Waals surface area contributed by atoms with Gasteiger partial charge >= 0.3 is 0 Å². The van der Waals surface area contributed by atoms with E-state index in [2.05, 4.69) is 27.2 Å². The summed E-state index contributed by atoms with van der Waals surface area (Å²) in [5.41, 5.74) is 0. The van der Waals surface area contributed by atoms with Crippen molar-refractivity contribution in [1.82, 2.24) is 20.2 Å². The van der Waals surface area contributed by atoms with E-state index in [1.54, 1.807) is 18.7 Å². The molecule has 2 heterocycles. The normalized spacial score (nSPS) is 18.1. The molecule has 1 aliphatic rings. The molecule has 2 rings (SSSR count). The predicted molar refractivity (Wildman–Crippen MR) is 49.0 cm³/mol. The fourth-order valence-corrected chi connectivity index (χ4v) is 0.992. The van der Waals surface area contributed by atoms with Gasteiger partial charge in [-0.1, -0.05) is 0 Å². The summed E-state index contributed by atoms with van der Waals surface area (Å²) < 4.78 is 0. The Morgan fingerprint density at radius 3 is 2.33 bits per heavy atom. The molecule has 1 aromatic rings. The van der Waals surface area contributed by atoms with E-state index in [9.17, 15) is 0 Å². The number of imidazole rings is 1. The Hall–Kier alpha value is -0.870. The minimum Gasteiger partial charge on any atom is -0.351 e. The van der Waals surface area contributed by atoms with Gasteiger partial charge in [0.2, 0.25) is 0 Å². The molecule has 0 spiro atoms. The van der Waals surface area contributed by atoms with Gasteiger partial charge in [0.25, 0.3) is 0 Å². The Bertz CT molecular complexity index is 150. The van der Waals surface area contributed by atoms with Crippen LogP contribution < -0.4 is 5.32 Å². The highest BCUT2D eigenvalue weighted by atomic mass is 15.2. The van der Waals surface area contributed by atoms with Crippen molar-refractivity contribution in [2.24, 2.45) is 0 Å². The van der Waals surface area contributed by atoms with Crippen molar-refractivity contribution in [3.05, 3.63) is 18.7 Å². The van der Waals surface area contributed by atoms with E-state index < -0.39 is 0 Å². The second kappa shape index (κ2) is 5.74. The van der Waals surface area contributed by atoms with E-state index in [1.165, 1.54) is 13.1 Å². The number of nitrogens with zero attached hydrogens (tertiary/aromatic N) is 2. The van der Waals surface area contributed by atoms with Crippen LogP contribution in [0.1, 0.15) is 0 Å². The van der Waals surface area contributed by atoms with Crippen LogP contribution in [0.3, 0.4) is 0 Å². The largest absolute Gasteiger partial charge is 0.351 e. The molecule has 12 heavy (non-hydrogen) atoms. The standard InChI is InChI=1S/C5H12N2.C3H4N2/c1-7-4-2-6-3-5-7;1-2-5-3-4-1/h6H,2-5H2,1H3;1-3H,(H,4,5). The van der Waals surface area contributed by atoms with Crippen molar-refractivity contribution in [3.8, 4) is 0 Å². The number of aromatic amines is 1. The summed E-state index contributed by atoms with van der Waals surface area (Å²) in [4.78, 5) is 8.75. The van der Waals surface area contributed by atoms with Crippen LogP contribution >= 0.6 is 0 Å². The molecule has 1 aromatic heterocycles. The number of hydrogen-bond donors (Lipinski definition) is 2. The lowest BCUT2D eigenvalue weighted by Crippen LogP contribution is -2.40. The maximum Gasteiger partial charge on any atom is 0.0919 e. The van der Waals surface area contributed by atoms with Crippen molar-refractivity contribution < 1.29 is 0 Å². The first-order chi connectivity index (χ1) is 5.89. The quantitative estimate of drug-likeness (QED) is 0.570. The summed E-state index contributed by atoms with van der Waals surface area (Å²) in [5.74, 6) is 0. The molecule has 4 nitrogen and oxygen atoms in total. The molecule has 0 atom stereocenters. The predicted octanol–water partition coefficient (Wildman–Crippen LogP) is -0.0689. The molecule has 0 radical (unpaired) electrons. The molecular weight excluding hydrogens is 152 g/mol. The van der Waals surface area contributed by atoms with Crippen molar-refractivity contribution in [2.75, 3.05) is 33.2 Å². The van der Waals surface area contributed by atoms with Crippen molar-refractivity contribution in [1.29, 1.82) is 0 Å². The molecule has 0 amide bonds. The molecule has 0 bridgehead atoms. The van der Waals surface area contributed by atoms with Gasteiger partial charge in [0.1, 0.15) is 0 Å². The van der Waals surface area contributed by atoms with E-state index >= 15 is 0 Å². The molecule has 68 valence electrons. The van der Waals surface area contributed by atoms with Crippen LogP contribution in [0.4, 0.5) is 0 Å². The van der Waals surface area contributed by atoms with Crippen LogP contribution in [0.15, 0.2) is 18.7 Å². The number of piperazine rings is 1. The van der Waals surface area contributed by atoms with Gasteiger partial charge in [-0.3, -0.25) is 0 Å². The average molecular weight is 168 g/mol. The second-order valence-corrected chi connectivity index (χ2v) is 2.81. The third-order valence-electron chi connectivity index (χ3n) is 1.75. The number of aromatic nitrogens is 2. The van der Waals surface area contributed by atoms with Gasteiger partial charge < -0.3 is 15.2 Å². The molecule has 1 saturated heterocycles. The summed E-state index contributed by atoms with van der Waals surface area (Å²) in [7, 11) is 2.15. The minimum atomic E-state index is 1.16. The Labute approximate surface area is 73.0 Å². The second-order valence-electron chi connectivity index (χ2n) is 2.81. The van der Waals surface area contributed by atoms with Crippen LogP contribution in [-0.4, -0.2) is 48.1 Å². The lowest BCUT2D eigenvalue weighted by molar-refractivity contribution is 0.291. The van der Waals surface area contributed by atoms with Gasteiger partial charge in [0.05, 0.1) is 6.33 Å². The maximum absolute atomic E-state index is 3.67. The molecule has 4 heteroatoms. The molecule has 0 saturated carbocycles. The number of nitrogens with one attached hydrogen (secondary N) is 2. The lowest BCUT2D eigenvalue weighted by atomic mass is 10.4. The summed E-state index contributed by atoms with van der Waals surface area (Å²) in [5, 5.41) is 3.27. The Morgan fingerprint density at radius 1 is 1.33 bits per heavy atom. The van der Waals surface area contributed by atoms with Crippen LogP contribution in [0.2, 0.25) is 0 Å². The summed E-state index contributed by atoms with van der Waals surface area (Å²) in [6, 6.07) is 0. The zero-order valence-corrected chi connectivity index (χ0v) is 7.45. The molecule has 1 fully saturated rings. The summed E-state index contributed by atoms with van der Waals surface area (Å²) in [6.45, 7) is 4.74. The van der Waals surface area contributed by atoms with Crippen molar-refractivity contribution in [3.63, 3.8) is 0 Å². The third-order valence-corrected chi connectivity index (χ3v) is 1.75. The molecule has 1 aliphatic heterocycles. The maximum atomic E-state index is 3.67. The molecule has 0 aromatic carbocycles. The molecule has 0 unspecified atom stereocenters. The van der Waals surface area contributed by atoms with Crippen molar-refractivity contribution in [2.45, 2.75) is 0 Å². The first kappa shape index (κ1) is 9.22. The van der Waals surface area contributed by atoms with E-state index in [4.69, 9.17) is 0 Å². The molecular formula is C8H16N4. The average Bonchev–Trinajstić information content (AvgIpc) is 2.62. The van der Waals surface area contributed by atoms with Gasteiger partial charge in [0.15, 0.2) is 0 Å². The van der Waals surface area contributed by atoms with E-state index in [0.29, 0.717) is 0 Å². The Morgan fingerprint density at radius 2 is 2.08 bits per heavy atom. The highest BCUT2D eigenvalue weighted by Crippen LogP contribution is 1.83. The first-order valence-corrected chi connectivity index (χ1v) is 4.21. The lowest BCUT2D eigenvalue weighted by Gasteiger charge is -2.21. The zero-order chi connectivity index (χ0) is 8.65. The number of hydrogen-bond acceptors (Lipinski definition) is 3. The van der Waals surface area contributed by atoms with Gasteiger partial charge in [-0.05, 0) is 7.05 Å². The van der Waals surface area contributed by atoms with E-state index in [-0.39, 0.29) is 0 Å². The summed E-state index contributed by atoms with van der Waals surface area (Å²) >= 11 is 0. The van der Waals surface area contributed by atoms with Crippen molar-refractivity contribution >= 4 is 0 Å². The first-order valence-electron chi connectivity index (χ1n) is 4.21. The van der Waals surface area contributed by atoms with Gasteiger partial charge in [-0.2, -0.15) is 0 Å². The van der Waals surface area contributed by atoms with Gasteiger partial charge in [-0.15, -0.1) is 0 Å². The third kappa shape index (κ3) is 4.10. The van der Waals surface area contributed by atoms with Crippen LogP contribution in [0.25, 0.3) is 0 Å². The Balaban J connectivity index is 0.000000127. The minimum absolute atomic E-state index is 1.16. The van der Waals surface area contributed by atoms with Gasteiger partial charge in [-0.25, -0.2) is 4.98 Å². The van der Waals surface area contributed by atoms with E-state index in [1.807, 2.05) is 0 Å². The van der Waals surface area contributed by atoms with Crippen LogP contribution in [0.5, 0.6) is 0 Å². The smallest absolute Gasteiger partial charge is 0.0919 e. The monoisotopic (exact) mass is 168 g/mol.